The van der Waals surface area contributed by atoms with Crippen LogP contribution in [0.2, 0.25) is 5.02 Å². The van der Waals surface area contributed by atoms with Gasteiger partial charge in [-0.05, 0) is 30.3 Å². The molecule has 19 heavy (non-hydrogen) atoms. The third-order valence-corrected chi connectivity index (χ3v) is 4.00. The van der Waals surface area contributed by atoms with Gasteiger partial charge in [-0.3, -0.25) is 0 Å². The molecule has 0 amide bonds. The highest BCUT2D eigenvalue weighted by Gasteiger charge is 2.30. The molecule has 0 unspecified atom stereocenters. The minimum atomic E-state index is -4.39. The summed E-state index contributed by atoms with van der Waals surface area (Å²) < 4.78 is 37.5. The molecule has 0 fully saturated rings. The second kappa shape index (κ2) is 5.35. The largest absolute Gasteiger partial charge is 0.416 e. The van der Waals surface area contributed by atoms with Gasteiger partial charge in [0.2, 0.25) is 0 Å². The predicted octanol–water partition coefficient (Wildman–Crippen LogP) is 5.09. The molecular formula is C13H9ClF3NS. The van der Waals surface area contributed by atoms with Crippen molar-refractivity contribution in [2.45, 2.75) is 16.0 Å². The number of alkyl halides is 3. The molecule has 2 rings (SSSR count). The lowest BCUT2D eigenvalue weighted by Gasteiger charge is -2.11. The van der Waals surface area contributed by atoms with Crippen molar-refractivity contribution >= 4 is 29.1 Å². The Morgan fingerprint density at radius 3 is 2.26 bits per heavy atom. The standard InChI is InChI=1S/C13H9ClF3NS/c14-9-3-1-2-4-11(9)19-12-6-5-8(7-10(12)18)13(15,16)17/h1-7H,18H2. The zero-order valence-corrected chi connectivity index (χ0v) is 11.1. The molecule has 0 aliphatic heterocycles. The van der Waals surface area contributed by atoms with Crippen LogP contribution in [0, 0.1) is 0 Å². The Bertz CT molecular complexity index is 599. The summed E-state index contributed by atoms with van der Waals surface area (Å²) in [5.41, 5.74) is 4.98. The van der Waals surface area contributed by atoms with Gasteiger partial charge in [-0.15, -0.1) is 0 Å². The zero-order chi connectivity index (χ0) is 14.0. The maximum atomic E-state index is 12.5. The first kappa shape index (κ1) is 14.1. The number of nitrogen functional groups attached to an aromatic ring is 1. The number of anilines is 1. The molecule has 0 saturated heterocycles. The van der Waals surface area contributed by atoms with Gasteiger partial charge in [-0.25, -0.2) is 0 Å². The molecule has 100 valence electrons. The maximum absolute atomic E-state index is 12.5. The summed E-state index contributed by atoms with van der Waals surface area (Å²) in [5.74, 6) is 0. The van der Waals surface area contributed by atoms with Gasteiger partial charge in [-0.2, -0.15) is 13.2 Å². The van der Waals surface area contributed by atoms with Gasteiger partial charge in [0.15, 0.2) is 0 Å². The Kier molecular flexibility index (Phi) is 3.96. The van der Waals surface area contributed by atoms with E-state index < -0.39 is 11.7 Å². The third kappa shape index (κ3) is 3.36. The number of hydrogen-bond acceptors (Lipinski definition) is 2. The van der Waals surface area contributed by atoms with E-state index >= 15 is 0 Å². The summed E-state index contributed by atoms with van der Waals surface area (Å²) in [6.07, 6.45) is -4.39. The number of nitrogens with two attached hydrogens (primary N) is 1. The molecule has 0 saturated carbocycles. The fourth-order valence-corrected chi connectivity index (χ4v) is 2.58. The van der Waals surface area contributed by atoms with E-state index in [-0.39, 0.29) is 5.69 Å². The van der Waals surface area contributed by atoms with Gasteiger partial charge in [0, 0.05) is 15.5 Å². The molecule has 0 atom stereocenters. The Morgan fingerprint density at radius 1 is 1.00 bits per heavy atom. The van der Waals surface area contributed by atoms with E-state index in [1.54, 1.807) is 24.3 Å². The number of rotatable bonds is 2. The summed E-state index contributed by atoms with van der Waals surface area (Å²) in [5, 5.41) is 0.534. The van der Waals surface area contributed by atoms with Crippen LogP contribution in [-0.2, 0) is 6.18 Å². The Hall–Kier alpha value is -1.33. The normalized spacial score (nSPS) is 11.6. The summed E-state index contributed by atoms with van der Waals surface area (Å²) >= 11 is 7.22. The van der Waals surface area contributed by atoms with Gasteiger partial charge >= 0.3 is 6.18 Å². The van der Waals surface area contributed by atoms with Crippen molar-refractivity contribution in [2.24, 2.45) is 0 Å². The van der Waals surface area contributed by atoms with Crippen molar-refractivity contribution in [3.63, 3.8) is 0 Å². The van der Waals surface area contributed by atoms with Gasteiger partial charge in [0.1, 0.15) is 0 Å². The van der Waals surface area contributed by atoms with E-state index in [9.17, 15) is 13.2 Å². The average molecular weight is 304 g/mol. The van der Waals surface area contributed by atoms with Crippen molar-refractivity contribution in [2.75, 3.05) is 5.73 Å². The first-order chi connectivity index (χ1) is 8.88. The minimum absolute atomic E-state index is 0.0831. The van der Waals surface area contributed by atoms with E-state index in [0.717, 1.165) is 17.0 Å². The maximum Gasteiger partial charge on any atom is 0.416 e. The number of hydrogen-bond donors (Lipinski definition) is 1. The second-order valence-corrected chi connectivity index (χ2v) is 5.27. The van der Waals surface area contributed by atoms with Crippen LogP contribution in [0.3, 0.4) is 0 Å². The fraction of sp³-hybridized carbons (Fsp3) is 0.0769. The summed E-state index contributed by atoms with van der Waals surface area (Å²) in [6, 6.07) is 10.4. The average Bonchev–Trinajstić information content (AvgIpc) is 2.33. The van der Waals surface area contributed by atoms with Crippen molar-refractivity contribution in [3.8, 4) is 0 Å². The quantitative estimate of drug-likeness (QED) is 0.782. The number of benzene rings is 2. The third-order valence-electron chi connectivity index (χ3n) is 2.39. The van der Waals surface area contributed by atoms with Crippen LogP contribution in [0.1, 0.15) is 5.56 Å². The van der Waals surface area contributed by atoms with Crippen LogP contribution in [0.25, 0.3) is 0 Å². The lowest BCUT2D eigenvalue weighted by Crippen LogP contribution is -2.05. The lowest BCUT2D eigenvalue weighted by atomic mass is 10.2. The molecule has 0 radical (unpaired) electrons. The van der Waals surface area contributed by atoms with Crippen molar-refractivity contribution in [1.82, 2.24) is 0 Å². The van der Waals surface area contributed by atoms with E-state index in [2.05, 4.69) is 0 Å². The van der Waals surface area contributed by atoms with Crippen molar-refractivity contribution in [1.29, 1.82) is 0 Å². The molecule has 0 spiro atoms. The zero-order valence-electron chi connectivity index (χ0n) is 9.54. The van der Waals surface area contributed by atoms with E-state index in [4.69, 9.17) is 17.3 Å². The Labute approximate surface area is 117 Å². The lowest BCUT2D eigenvalue weighted by molar-refractivity contribution is -0.137. The van der Waals surface area contributed by atoms with Gasteiger partial charge in [0.05, 0.1) is 10.6 Å². The molecule has 0 aliphatic carbocycles. The van der Waals surface area contributed by atoms with E-state index in [1.807, 2.05) is 0 Å². The van der Waals surface area contributed by atoms with Crippen molar-refractivity contribution in [3.05, 3.63) is 53.1 Å². The molecular weight excluding hydrogens is 295 g/mol. The Morgan fingerprint density at radius 2 is 1.68 bits per heavy atom. The molecule has 6 heteroatoms. The summed E-state index contributed by atoms with van der Waals surface area (Å²) in [6.45, 7) is 0. The highest BCUT2D eigenvalue weighted by Crippen LogP contribution is 2.38. The van der Waals surface area contributed by atoms with Crippen LogP contribution in [-0.4, -0.2) is 0 Å². The first-order valence-corrected chi connectivity index (χ1v) is 6.46. The molecule has 1 nitrogen and oxygen atoms in total. The molecule has 0 aliphatic rings. The molecule has 2 aromatic rings. The van der Waals surface area contributed by atoms with Gasteiger partial charge < -0.3 is 5.73 Å². The van der Waals surface area contributed by atoms with Crippen LogP contribution < -0.4 is 5.73 Å². The van der Waals surface area contributed by atoms with Crippen molar-refractivity contribution < 1.29 is 13.2 Å². The van der Waals surface area contributed by atoms with Gasteiger partial charge in [-0.1, -0.05) is 35.5 Å². The monoisotopic (exact) mass is 303 g/mol. The molecule has 0 aromatic heterocycles. The highest BCUT2D eigenvalue weighted by atomic mass is 35.5. The predicted molar refractivity (Wildman–Crippen MR) is 71.4 cm³/mol. The highest BCUT2D eigenvalue weighted by molar-refractivity contribution is 7.99. The number of halogens is 4. The molecule has 2 aromatic carbocycles. The second-order valence-electron chi connectivity index (χ2n) is 3.78. The minimum Gasteiger partial charge on any atom is -0.398 e. The van der Waals surface area contributed by atoms with Crippen LogP contribution in [0.4, 0.5) is 18.9 Å². The first-order valence-electron chi connectivity index (χ1n) is 5.27. The summed E-state index contributed by atoms with van der Waals surface area (Å²) in [7, 11) is 0. The smallest absolute Gasteiger partial charge is 0.398 e. The van der Waals surface area contributed by atoms with Gasteiger partial charge in [0.25, 0.3) is 0 Å². The molecule has 0 bridgehead atoms. The molecule has 0 heterocycles. The fourth-order valence-electron chi connectivity index (χ4n) is 1.46. The van der Waals surface area contributed by atoms with E-state index in [1.165, 1.54) is 17.8 Å². The van der Waals surface area contributed by atoms with Crippen LogP contribution in [0.5, 0.6) is 0 Å². The summed E-state index contributed by atoms with van der Waals surface area (Å²) in [4.78, 5) is 1.29. The topological polar surface area (TPSA) is 26.0 Å². The Balaban J connectivity index is 2.30. The van der Waals surface area contributed by atoms with Crippen LogP contribution >= 0.6 is 23.4 Å². The van der Waals surface area contributed by atoms with Crippen LogP contribution in [0.15, 0.2) is 52.3 Å². The van der Waals surface area contributed by atoms with E-state index in [0.29, 0.717) is 9.92 Å². The SMILES string of the molecule is Nc1cc(C(F)(F)F)ccc1Sc1ccccc1Cl. The molecule has 2 N–H and O–H groups in total.